The van der Waals surface area contributed by atoms with Crippen molar-refractivity contribution < 1.29 is 4.92 Å². The van der Waals surface area contributed by atoms with Crippen molar-refractivity contribution in [3.8, 4) is 0 Å². The summed E-state index contributed by atoms with van der Waals surface area (Å²) in [5, 5.41) is 10.6. The number of hydrogen-bond donors (Lipinski definition) is 0. The van der Waals surface area contributed by atoms with Crippen molar-refractivity contribution in [2.45, 2.75) is 18.5 Å². The maximum Gasteiger partial charge on any atom is 0.269 e. The number of nitro benzene ring substituents is 1. The summed E-state index contributed by atoms with van der Waals surface area (Å²) in [7, 11) is 2.15. The monoisotopic (exact) mass is 233 g/mol. The summed E-state index contributed by atoms with van der Waals surface area (Å²) in [6.07, 6.45) is 1.25. The van der Waals surface area contributed by atoms with Gasteiger partial charge in [-0.3, -0.25) is 10.1 Å². The Balaban J connectivity index is 1.79. The van der Waals surface area contributed by atoms with Crippen molar-refractivity contribution in [3.05, 3.63) is 34.4 Å². The molecule has 5 nitrogen and oxygen atoms in total. The predicted molar refractivity (Wildman–Crippen MR) is 65.3 cm³/mol. The number of benzene rings is 1. The van der Waals surface area contributed by atoms with E-state index in [9.17, 15) is 10.1 Å². The molecule has 1 aromatic carbocycles. The van der Waals surface area contributed by atoms with Crippen molar-refractivity contribution in [1.82, 2.24) is 4.90 Å². The van der Waals surface area contributed by atoms with Crippen LogP contribution in [0.2, 0.25) is 0 Å². The number of rotatable bonds is 2. The third-order valence-electron chi connectivity index (χ3n) is 3.73. The lowest BCUT2D eigenvalue weighted by molar-refractivity contribution is -0.384. The van der Waals surface area contributed by atoms with Crippen LogP contribution in [0.4, 0.5) is 11.4 Å². The molecule has 3 aliphatic rings. The Morgan fingerprint density at radius 3 is 2.35 bits per heavy atom. The highest BCUT2D eigenvalue weighted by Crippen LogP contribution is 2.36. The van der Waals surface area contributed by atoms with Crippen LogP contribution in [-0.2, 0) is 0 Å². The molecule has 0 N–H and O–H groups in total. The number of anilines is 1. The molecule has 0 aliphatic carbocycles. The highest BCUT2D eigenvalue weighted by Gasteiger charge is 2.43. The van der Waals surface area contributed by atoms with Gasteiger partial charge in [0, 0.05) is 43.0 Å². The molecular weight excluding hydrogens is 218 g/mol. The quantitative estimate of drug-likeness (QED) is 0.573. The third-order valence-corrected chi connectivity index (χ3v) is 3.73. The second kappa shape index (κ2) is 3.70. The molecule has 0 unspecified atom stereocenters. The molecule has 3 heterocycles. The first-order valence-electron chi connectivity index (χ1n) is 5.86. The third kappa shape index (κ3) is 1.67. The van der Waals surface area contributed by atoms with Crippen LogP contribution in [-0.4, -0.2) is 42.0 Å². The van der Waals surface area contributed by atoms with E-state index >= 15 is 0 Å². The highest BCUT2D eigenvalue weighted by molar-refractivity contribution is 5.55. The molecule has 2 bridgehead atoms. The smallest absolute Gasteiger partial charge is 0.269 e. The Labute approximate surface area is 99.8 Å². The van der Waals surface area contributed by atoms with Gasteiger partial charge in [0.2, 0.25) is 0 Å². The Morgan fingerprint density at radius 1 is 1.24 bits per heavy atom. The zero-order valence-electron chi connectivity index (χ0n) is 9.74. The number of fused-ring (bicyclic) bond motifs is 2. The summed E-state index contributed by atoms with van der Waals surface area (Å²) >= 11 is 0. The summed E-state index contributed by atoms with van der Waals surface area (Å²) < 4.78 is 0. The van der Waals surface area contributed by atoms with Crippen molar-refractivity contribution in [1.29, 1.82) is 0 Å². The molecular formula is C12H15N3O2. The molecule has 3 aliphatic heterocycles. The van der Waals surface area contributed by atoms with E-state index in [0.29, 0.717) is 12.1 Å². The van der Waals surface area contributed by atoms with Gasteiger partial charge >= 0.3 is 0 Å². The molecule has 3 fully saturated rings. The lowest BCUT2D eigenvalue weighted by atomic mass is 9.87. The van der Waals surface area contributed by atoms with Crippen LogP contribution in [0, 0.1) is 10.1 Å². The predicted octanol–water partition coefficient (Wildman–Crippen LogP) is 1.49. The summed E-state index contributed by atoms with van der Waals surface area (Å²) in [6.45, 7) is 2.18. The molecule has 3 saturated heterocycles. The molecule has 17 heavy (non-hydrogen) atoms. The standard InChI is InChI=1S/C12H15N3O2/c1-13-7-11-6-12(8-13)14(11)9-2-4-10(5-3-9)15(16)17/h2-5,11-12H,6-8H2,1H3/t11-,12+. The normalized spacial score (nSPS) is 27.7. The summed E-state index contributed by atoms with van der Waals surface area (Å²) in [5.41, 5.74) is 1.28. The average Bonchev–Trinajstić information content (AvgIpc) is 2.29. The summed E-state index contributed by atoms with van der Waals surface area (Å²) in [4.78, 5) is 15.0. The summed E-state index contributed by atoms with van der Waals surface area (Å²) in [5.74, 6) is 0. The number of non-ortho nitro benzene ring substituents is 1. The van der Waals surface area contributed by atoms with Crippen LogP contribution in [0.25, 0.3) is 0 Å². The van der Waals surface area contributed by atoms with E-state index in [1.165, 1.54) is 6.42 Å². The maximum atomic E-state index is 10.6. The zero-order chi connectivity index (χ0) is 12.0. The van der Waals surface area contributed by atoms with Crippen molar-refractivity contribution >= 4 is 11.4 Å². The zero-order valence-corrected chi connectivity index (χ0v) is 9.74. The van der Waals surface area contributed by atoms with Crippen LogP contribution in [0.1, 0.15) is 6.42 Å². The van der Waals surface area contributed by atoms with Gasteiger partial charge in [-0.25, -0.2) is 0 Å². The Morgan fingerprint density at radius 2 is 1.82 bits per heavy atom. The van der Waals surface area contributed by atoms with Gasteiger partial charge in [0.1, 0.15) is 0 Å². The highest BCUT2D eigenvalue weighted by atomic mass is 16.6. The van der Waals surface area contributed by atoms with E-state index in [-0.39, 0.29) is 10.6 Å². The minimum absolute atomic E-state index is 0.163. The Bertz CT molecular complexity index is 434. The van der Waals surface area contributed by atoms with Crippen molar-refractivity contribution in [2.75, 3.05) is 25.0 Å². The fourth-order valence-corrected chi connectivity index (χ4v) is 2.99. The molecule has 0 aromatic heterocycles. The Kier molecular flexibility index (Phi) is 2.29. The first-order chi connectivity index (χ1) is 8.15. The van der Waals surface area contributed by atoms with Crippen LogP contribution in [0.3, 0.4) is 0 Å². The van der Waals surface area contributed by atoms with Gasteiger partial charge in [0.25, 0.3) is 5.69 Å². The molecule has 2 atom stereocenters. The second-order valence-electron chi connectivity index (χ2n) is 4.95. The fourth-order valence-electron chi connectivity index (χ4n) is 2.99. The molecule has 90 valence electrons. The van der Waals surface area contributed by atoms with Crippen molar-refractivity contribution in [3.63, 3.8) is 0 Å². The molecule has 0 radical (unpaired) electrons. The number of hydrogen-bond acceptors (Lipinski definition) is 4. The number of piperazine rings is 1. The van der Waals surface area contributed by atoms with Gasteiger partial charge in [-0.2, -0.15) is 0 Å². The lowest BCUT2D eigenvalue weighted by Gasteiger charge is -2.57. The van der Waals surface area contributed by atoms with Gasteiger partial charge in [0.05, 0.1) is 4.92 Å². The minimum Gasteiger partial charge on any atom is -0.363 e. The van der Waals surface area contributed by atoms with E-state index in [1.54, 1.807) is 12.1 Å². The lowest BCUT2D eigenvalue weighted by Crippen LogP contribution is -2.68. The number of likely N-dealkylation sites (N-methyl/N-ethyl adjacent to an activating group) is 1. The summed E-state index contributed by atoms with van der Waals surface area (Å²) in [6, 6.07) is 8.08. The molecule has 0 saturated carbocycles. The van der Waals surface area contributed by atoms with Crippen molar-refractivity contribution in [2.24, 2.45) is 0 Å². The second-order valence-corrected chi connectivity index (χ2v) is 4.95. The SMILES string of the molecule is CN1C[C@H]2C[C@@H](C1)N2c1ccc([N+](=O)[O-])cc1. The fraction of sp³-hybridized carbons (Fsp3) is 0.500. The Hall–Kier alpha value is -1.62. The first-order valence-corrected chi connectivity index (χ1v) is 5.86. The number of nitro groups is 1. The van der Waals surface area contributed by atoms with E-state index in [4.69, 9.17) is 0 Å². The molecule has 0 spiro atoms. The van der Waals surface area contributed by atoms with E-state index < -0.39 is 0 Å². The van der Waals surface area contributed by atoms with Gasteiger partial charge < -0.3 is 9.80 Å². The average molecular weight is 233 g/mol. The van der Waals surface area contributed by atoms with Crippen LogP contribution < -0.4 is 4.90 Å². The molecule has 5 heteroatoms. The van der Waals surface area contributed by atoms with Crippen LogP contribution in [0.5, 0.6) is 0 Å². The maximum absolute atomic E-state index is 10.6. The minimum atomic E-state index is -0.353. The number of piperidine rings is 1. The molecule has 1 aromatic rings. The van der Waals surface area contributed by atoms with Crippen LogP contribution >= 0.6 is 0 Å². The van der Waals surface area contributed by atoms with E-state index in [1.807, 2.05) is 12.1 Å². The van der Waals surface area contributed by atoms with Crippen LogP contribution in [0.15, 0.2) is 24.3 Å². The van der Waals surface area contributed by atoms with Gasteiger partial charge in [-0.05, 0) is 25.6 Å². The van der Waals surface area contributed by atoms with Gasteiger partial charge in [-0.15, -0.1) is 0 Å². The van der Waals surface area contributed by atoms with E-state index in [2.05, 4.69) is 16.8 Å². The van der Waals surface area contributed by atoms with Gasteiger partial charge in [0.15, 0.2) is 0 Å². The van der Waals surface area contributed by atoms with Gasteiger partial charge in [-0.1, -0.05) is 0 Å². The molecule has 0 amide bonds. The van der Waals surface area contributed by atoms with E-state index in [0.717, 1.165) is 18.8 Å². The molecule has 4 rings (SSSR count). The first kappa shape index (κ1) is 10.5. The topological polar surface area (TPSA) is 49.6 Å². The largest absolute Gasteiger partial charge is 0.363 e. The number of nitrogens with zero attached hydrogens (tertiary/aromatic N) is 3.